The predicted octanol–water partition coefficient (Wildman–Crippen LogP) is 18.6. The first-order chi connectivity index (χ1) is 39.7. The molecule has 0 fully saturated rings. The lowest BCUT2D eigenvalue weighted by Crippen LogP contribution is -2.33. The SMILES string of the molecule is c1ccc2c(c1)Oc1ccccc1N2c1ccc2c(c1)Sc1cc(N3c4ccccc4Oc4ccccc43)ccc1C21c2cc(-n3c4ccccc4c4ccccc43)cnc2-c2ncc(-n3c4ccccc4c4ccccc43)cc21. The van der Waals surface area contributed by atoms with Crippen LogP contribution >= 0.6 is 11.8 Å². The third-order valence-corrected chi connectivity index (χ3v) is 17.9. The number of para-hydroxylation sites is 12. The second-order valence-corrected chi connectivity index (χ2v) is 22.0. The van der Waals surface area contributed by atoms with Gasteiger partial charge in [0.25, 0.3) is 0 Å². The smallest absolute Gasteiger partial charge is 0.151 e. The molecule has 7 heterocycles. The third kappa shape index (κ3) is 5.90. The molecule has 0 atom stereocenters. The van der Waals surface area contributed by atoms with Crippen LogP contribution in [0.25, 0.3) is 66.4 Å². The zero-order chi connectivity index (χ0) is 52.2. The summed E-state index contributed by atoms with van der Waals surface area (Å²) in [4.78, 5) is 18.1. The molecule has 18 rings (SSSR count). The molecule has 1 spiro atoms. The summed E-state index contributed by atoms with van der Waals surface area (Å²) in [6.45, 7) is 0. The number of ether oxygens (including phenoxy) is 2. The second kappa shape index (κ2) is 16.3. The summed E-state index contributed by atoms with van der Waals surface area (Å²) in [7, 11) is 0. The Morgan fingerprint density at radius 2 is 0.637 bits per heavy atom. The first kappa shape index (κ1) is 43.7. The number of rotatable bonds is 4. The van der Waals surface area contributed by atoms with Crippen molar-refractivity contribution in [3.8, 4) is 45.8 Å². The minimum absolute atomic E-state index is 0.806. The van der Waals surface area contributed by atoms with E-state index in [1.807, 2.05) is 36.0 Å². The van der Waals surface area contributed by atoms with E-state index in [9.17, 15) is 0 Å². The van der Waals surface area contributed by atoms with Gasteiger partial charge in [-0.15, -0.1) is 0 Å². The van der Waals surface area contributed by atoms with E-state index in [2.05, 4.69) is 250 Å². The molecule has 374 valence electrons. The van der Waals surface area contributed by atoms with Gasteiger partial charge in [0.2, 0.25) is 0 Å². The van der Waals surface area contributed by atoms with Crippen molar-refractivity contribution in [3.63, 3.8) is 0 Å². The molecular formula is C71H42N6O2S. The fraction of sp³-hybridized carbons (Fsp3) is 0.0141. The number of hydrogen-bond donors (Lipinski definition) is 0. The molecule has 0 N–H and O–H groups in total. The minimum atomic E-state index is -0.914. The zero-order valence-electron chi connectivity index (χ0n) is 42.7. The van der Waals surface area contributed by atoms with E-state index >= 15 is 0 Å². The van der Waals surface area contributed by atoms with E-state index in [0.29, 0.717) is 0 Å². The van der Waals surface area contributed by atoms with Crippen LogP contribution in [-0.4, -0.2) is 19.1 Å². The Kier molecular flexibility index (Phi) is 8.93. The summed E-state index contributed by atoms with van der Waals surface area (Å²) in [6.07, 6.45) is 4.10. The molecule has 4 aliphatic rings. The van der Waals surface area contributed by atoms with Crippen molar-refractivity contribution < 1.29 is 9.47 Å². The number of hydrogen-bond acceptors (Lipinski definition) is 7. The Bertz CT molecular complexity index is 4490. The molecule has 0 radical (unpaired) electrons. The lowest BCUT2D eigenvalue weighted by Gasteiger charge is -2.41. The molecule has 1 aliphatic carbocycles. The molecule has 14 aromatic rings. The number of pyridine rings is 2. The van der Waals surface area contributed by atoms with Crippen LogP contribution < -0.4 is 19.3 Å². The van der Waals surface area contributed by atoms with Gasteiger partial charge in [-0.1, -0.05) is 145 Å². The molecule has 9 heteroatoms. The number of benzene rings is 10. The highest BCUT2D eigenvalue weighted by atomic mass is 32.2. The summed E-state index contributed by atoms with van der Waals surface area (Å²) in [5.74, 6) is 3.22. The average molecular weight is 1040 g/mol. The highest BCUT2D eigenvalue weighted by molar-refractivity contribution is 7.99. The van der Waals surface area contributed by atoms with Crippen molar-refractivity contribution in [3.05, 3.63) is 277 Å². The van der Waals surface area contributed by atoms with Gasteiger partial charge < -0.3 is 28.4 Å². The van der Waals surface area contributed by atoms with Gasteiger partial charge in [0.1, 0.15) is 0 Å². The minimum Gasteiger partial charge on any atom is -0.453 e. The fourth-order valence-corrected chi connectivity index (χ4v) is 14.8. The number of fused-ring (bicyclic) bond motifs is 19. The maximum Gasteiger partial charge on any atom is 0.151 e. The predicted molar refractivity (Wildman–Crippen MR) is 322 cm³/mol. The molecule has 4 aromatic heterocycles. The first-order valence-corrected chi connectivity index (χ1v) is 27.8. The number of anilines is 6. The van der Waals surface area contributed by atoms with E-state index in [1.165, 1.54) is 21.5 Å². The highest BCUT2D eigenvalue weighted by Crippen LogP contribution is 2.64. The second-order valence-electron chi connectivity index (χ2n) is 20.9. The fourth-order valence-electron chi connectivity index (χ4n) is 13.5. The Balaban J connectivity index is 0.949. The van der Waals surface area contributed by atoms with E-state index in [4.69, 9.17) is 19.4 Å². The highest BCUT2D eigenvalue weighted by Gasteiger charge is 2.53. The normalized spacial score (nSPS) is 13.9. The van der Waals surface area contributed by atoms with Gasteiger partial charge in [-0.2, -0.15) is 0 Å². The van der Waals surface area contributed by atoms with Gasteiger partial charge in [0, 0.05) is 53.8 Å². The molecular weight excluding hydrogens is 1000 g/mol. The van der Waals surface area contributed by atoms with Crippen molar-refractivity contribution in [2.45, 2.75) is 15.2 Å². The van der Waals surface area contributed by atoms with Gasteiger partial charge in [-0.05, 0) is 120 Å². The largest absolute Gasteiger partial charge is 0.453 e. The topological polar surface area (TPSA) is 60.6 Å². The quantitative estimate of drug-likeness (QED) is 0.174. The van der Waals surface area contributed by atoms with Gasteiger partial charge in [-0.25, -0.2) is 0 Å². The lowest BCUT2D eigenvalue weighted by molar-refractivity contribution is 0.476. The summed E-state index contributed by atoms with van der Waals surface area (Å²) < 4.78 is 17.9. The lowest BCUT2D eigenvalue weighted by atomic mass is 9.67. The Morgan fingerprint density at radius 3 is 1.00 bits per heavy atom. The van der Waals surface area contributed by atoms with Crippen LogP contribution in [0.3, 0.4) is 0 Å². The first-order valence-electron chi connectivity index (χ1n) is 26.9. The van der Waals surface area contributed by atoms with Crippen LogP contribution in [0, 0.1) is 0 Å². The van der Waals surface area contributed by atoms with Crippen molar-refractivity contribution in [1.29, 1.82) is 0 Å². The van der Waals surface area contributed by atoms with Crippen LogP contribution in [-0.2, 0) is 5.41 Å². The molecule has 0 amide bonds. The van der Waals surface area contributed by atoms with Crippen LogP contribution in [0.2, 0.25) is 0 Å². The van der Waals surface area contributed by atoms with Gasteiger partial charge >= 0.3 is 0 Å². The molecule has 3 aliphatic heterocycles. The standard InChI is InChI=1S/C71H42N6O2S/c1-5-21-55-47(17-1)48-18-2-6-22-56(48)76(55)45-37-53-69(72-41-45)70-54(38-46(42-73-70)77-57-23-7-3-19-49(57)50-20-4-8-24-58(50)77)71(53)51-35-33-43(74-59-25-9-13-29-63(59)78-64-30-14-10-26-60(64)74)39-67(51)80-68-40-44(34-36-52(68)71)75-61-27-11-15-31-65(61)79-66-32-16-12-28-62(66)75/h1-42H. The monoisotopic (exact) mass is 1040 g/mol. The van der Waals surface area contributed by atoms with Crippen molar-refractivity contribution in [2.24, 2.45) is 0 Å². The van der Waals surface area contributed by atoms with E-state index in [-0.39, 0.29) is 0 Å². The van der Waals surface area contributed by atoms with E-state index < -0.39 is 5.41 Å². The van der Waals surface area contributed by atoms with Gasteiger partial charge in [0.05, 0.1) is 85.4 Å². The molecule has 0 bridgehead atoms. The van der Waals surface area contributed by atoms with Crippen LogP contribution in [0.1, 0.15) is 22.3 Å². The molecule has 8 nitrogen and oxygen atoms in total. The summed E-state index contributed by atoms with van der Waals surface area (Å²) in [5.41, 5.74) is 17.7. The number of nitrogens with zero attached hydrogens (tertiary/aromatic N) is 6. The summed E-state index contributed by atoms with van der Waals surface area (Å²) in [5, 5.41) is 4.78. The van der Waals surface area contributed by atoms with Crippen LogP contribution in [0.4, 0.5) is 34.1 Å². The molecule has 10 aromatic carbocycles. The van der Waals surface area contributed by atoms with Crippen molar-refractivity contribution in [1.82, 2.24) is 19.1 Å². The van der Waals surface area contributed by atoms with E-state index in [0.717, 1.165) is 134 Å². The molecule has 80 heavy (non-hydrogen) atoms. The number of aromatic nitrogens is 4. The maximum absolute atomic E-state index is 6.58. The average Bonchev–Trinajstić information content (AvgIpc) is 4.08. The third-order valence-electron chi connectivity index (χ3n) is 16.8. The summed E-state index contributed by atoms with van der Waals surface area (Å²) in [6, 6.07) is 87.1. The van der Waals surface area contributed by atoms with E-state index in [1.54, 1.807) is 0 Å². The Labute approximate surface area is 463 Å². The Hall–Kier alpha value is -10.4. The molecule has 0 saturated heterocycles. The zero-order valence-corrected chi connectivity index (χ0v) is 43.5. The molecule has 0 unspecified atom stereocenters. The Morgan fingerprint density at radius 1 is 0.312 bits per heavy atom. The van der Waals surface area contributed by atoms with Crippen molar-refractivity contribution >= 4 is 89.5 Å². The van der Waals surface area contributed by atoms with Crippen molar-refractivity contribution in [2.75, 3.05) is 9.80 Å². The molecule has 0 saturated carbocycles. The van der Waals surface area contributed by atoms with Crippen LogP contribution in [0.5, 0.6) is 23.0 Å². The van der Waals surface area contributed by atoms with Gasteiger partial charge in [-0.3, -0.25) is 9.97 Å². The van der Waals surface area contributed by atoms with Gasteiger partial charge in [0.15, 0.2) is 23.0 Å². The van der Waals surface area contributed by atoms with Crippen LogP contribution in [0.15, 0.2) is 265 Å². The maximum atomic E-state index is 6.58. The summed E-state index contributed by atoms with van der Waals surface area (Å²) >= 11 is 1.82.